The molecule has 0 radical (unpaired) electrons. The van der Waals surface area contributed by atoms with Crippen LogP contribution in [0.5, 0.6) is 0 Å². The maximum Gasteiger partial charge on any atom is 0.165 e. The van der Waals surface area contributed by atoms with Gasteiger partial charge in [-0.15, -0.1) is 0 Å². The first-order chi connectivity index (χ1) is 8.72. The van der Waals surface area contributed by atoms with E-state index < -0.39 is 30.1 Å². The molecule has 2 aliphatic heterocycles. The number of hydrogen-bond donors (Lipinski definition) is 1. The third-order valence-electron chi connectivity index (χ3n) is 3.43. The summed E-state index contributed by atoms with van der Waals surface area (Å²) in [5, 5.41) is 10.1. The zero-order valence-corrected chi connectivity index (χ0v) is 12.2. The smallest absolute Gasteiger partial charge is 0.165 e. The molecule has 0 spiro atoms. The zero-order chi connectivity index (χ0) is 14.3. The van der Waals surface area contributed by atoms with Gasteiger partial charge in [-0.1, -0.05) is 0 Å². The Hall–Kier alpha value is -0.240. The van der Waals surface area contributed by atoms with Crippen molar-refractivity contribution < 1.29 is 28.8 Å². The van der Waals surface area contributed by atoms with E-state index in [0.717, 1.165) is 0 Å². The van der Waals surface area contributed by atoms with Crippen molar-refractivity contribution in [3.63, 3.8) is 0 Å². The molecule has 112 valence electrons. The van der Waals surface area contributed by atoms with Crippen LogP contribution >= 0.6 is 0 Å². The number of aliphatic hydroxyl groups excluding tert-OH is 1. The van der Waals surface area contributed by atoms with Crippen molar-refractivity contribution >= 4 is 0 Å². The highest BCUT2D eigenvalue weighted by Crippen LogP contribution is 2.33. The lowest BCUT2D eigenvalue weighted by Crippen LogP contribution is -2.38. The van der Waals surface area contributed by atoms with Crippen LogP contribution in [0.2, 0.25) is 0 Å². The van der Waals surface area contributed by atoms with Gasteiger partial charge in [0.15, 0.2) is 17.9 Å². The van der Waals surface area contributed by atoms with E-state index in [2.05, 4.69) is 0 Å². The van der Waals surface area contributed by atoms with Gasteiger partial charge in [-0.3, -0.25) is 0 Å². The van der Waals surface area contributed by atoms with Gasteiger partial charge in [0.05, 0.1) is 12.7 Å². The second kappa shape index (κ2) is 5.27. The molecule has 0 bridgehead atoms. The van der Waals surface area contributed by atoms with E-state index in [1.165, 1.54) is 0 Å². The van der Waals surface area contributed by atoms with Crippen molar-refractivity contribution in [1.82, 2.24) is 0 Å². The summed E-state index contributed by atoms with van der Waals surface area (Å²) in [5.41, 5.74) is 0. The summed E-state index contributed by atoms with van der Waals surface area (Å²) in [4.78, 5) is 0. The van der Waals surface area contributed by atoms with Crippen molar-refractivity contribution in [2.45, 2.75) is 70.3 Å². The van der Waals surface area contributed by atoms with E-state index in [4.69, 9.17) is 23.7 Å². The van der Waals surface area contributed by atoms with Crippen molar-refractivity contribution in [2.75, 3.05) is 13.7 Å². The third kappa shape index (κ3) is 3.65. The van der Waals surface area contributed by atoms with Gasteiger partial charge in [-0.2, -0.15) is 0 Å². The van der Waals surface area contributed by atoms with E-state index in [0.29, 0.717) is 13.0 Å². The minimum absolute atomic E-state index is 0.274. The van der Waals surface area contributed by atoms with Crippen LogP contribution in [0.15, 0.2) is 0 Å². The van der Waals surface area contributed by atoms with Gasteiger partial charge in [0.2, 0.25) is 0 Å². The monoisotopic (exact) mass is 276 g/mol. The maximum atomic E-state index is 10.1. The lowest BCUT2D eigenvalue weighted by molar-refractivity contribution is -0.285. The standard InChI is InChI=1S/C13H24O6/c1-12(2,15-5)19-10-6-8(14)11(17-10)9-7-16-13(3,4)18-9/h8-11,14H,6-7H2,1-5H3/t8?,9?,10-,11+/m1/s1. The first-order valence-corrected chi connectivity index (χ1v) is 6.61. The summed E-state index contributed by atoms with van der Waals surface area (Å²) in [6, 6.07) is 0. The number of rotatable bonds is 4. The van der Waals surface area contributed by atoms with Crippen LogP contribution in [0.3, 0.4) is 0 Å². The highest BCUT2D eigenvalue weighted by Gasteiger charge is 2.47. The second-order valence-electron chi connectivity index (χ2n) is 5.92. The molecule has 4 atom stereocenters. The molecule has 0 aromatic heterocycles. The highest BCUT2D eigenvalue weighted by atomic mass is 16.8. The normalized spacial score (nSPS) is 38.8. The number of methoxy groups -OCH3 is 1. The first kappa shape index (κ1) is 15.2. The molecule has 6 nitrogen and oxygen atoms in total. The van der Waals surface area contributed by atoms with Crippen molar-refractivity contribution in [2.24, 2.45) is 0 Å². The van der Waals surface area contributed by atoms with Crippen LogP contribution in [0, 0.1) is 0 Å². The quantitative estimate of drug-likeness (QED) is 0.773. The van der Waals surface area contributed by atoms with E-state index >= 15 is 0 Å². The largest absolute Gasteiger partial charge is 0.390 e. The minimum atomic E-state index is -0.744. The molecule has 19 heavy (non-hydrogen) atoms. The molecule has 2 aliphatic rings. The maximum absolute atomic E-state index is 10.1. The average Bonchev–Trinajstić information content (AvgIpc) is 2.81. The van der Waals surface area contributed by atoms with Gasteiger partial charge in [0.25, 0.3) is 0 Å². The number of ether oxygens (including phenoxy) is 5. The minimum Gasteiger partial charge on any atom is -0.390 e. The molecule has 2 heterocycles. The van der Waals surface area contributed by atoms with Gasteiger partial charge < -0.3 is 28.8 Å². The summed E-state index contributed by atoms with van der Waals surface area (Å²) in [6.45, 7) is 7.70. The fourth-order valence-electron chi connectivity index (χ4n) is 2.31. The van der Waals surface area contributed by atoms with Gasteiger partial charge in [0.1, 0.15) is 12.2 Å². The Morgan fingerprint density at radius 3 is 2.53 bits per heavy atom. The van der Waals surface area contributed by atoms with Crippen LogP contribution in [0.1, 0.15) is 34.1 Å². The SMILES string of the molecule is COC(C)(C)O[C@@H]1CC(O)[C@@H](C2COC(C)(C)O2)O1. The molecular formula is C13H24O6. The Morgan fingerprint density at radius 2 is 2.00 bits per heavy atom. The molecular weight excluding hydrogens is 252 g/mol. The van der Waals surface area contributed by atoms with E-state index in [9.17, 15) is 5.11 Å². The summed E-state index contributed by atoms with van der Waals surface area (Å²) in [6.07, 6.45) is -1.43. The molecule has 0 aromatic rings. The molecule has 0 aliphatic carbocycles. The molecule has 0 aromatic carbocycles. The second-order valence-corrected chi connectivity index (χ2v) is 5.92. The Morgan fingerprint density at radius 1 is 1.32 bits per heavy atom. The van der Waals surface area contributed by atoms with Gasteiger partial charge in [0, 0.05) is 13.5 Å². The van der Waals surface area contributed by atoms with Crippen LogP contribution < -0.4 is 0 Å². The molecule has 2 unspecified atom stereocenters. The molecule has 2 fully saturated rings. The van der Waals surface area contributed by atoms with Gasteiger partial charge >= 0.3 is 0 Å². The van der Waals surface area contributed by atoms with Crippen LogP contribution in [0.25, 0.3) is 0 Å². The number of hydrogen-bond acceptors (Lipinski definition) is 6. The lowest BCUT2D eigenvalue weighted by Gasteiger charge is -2.27. The van der Waals surface area contributed by atoms with Gasteiger partial charge in [-0.25, -0.2) is 0 Å². The van der Waals surface area contributed by atoms with Gasteiger partial charge in [-0.05, 0) is 27.7 Å². The fourth-order valence-corrected chi connectivity index (χ4v) is 2.31. The highest BCUT2D eigenvalue weighted by molar-refractivity contribution is 4.88. The topological polar surface area (TPSA) is 66.4 Å². The van der Waals surface area contributed by atoms with Crippen molar-refractivity contribution in [1.29, 1.82) is 0 Å². The molecule has 2 rings (SSSR count). The van der Waals surface area contributed by atoms with E-state index in [-0.39, 0.29) is 6.10 Å². The number of aliphatic hydroxyl groups is 1. The van der Waals surface area contributed by atoms with Crippen molar-refractivity contribution in [3.8, 4) is 0 Å². The summed E-state index contributed by atoms with van der Waals surface area (Å²) in [5.74, 6) is -1.37. The summed E-state index contributed by atoms with van der Waals surface area (Å²) >= 11 is 0. The van der Waals surface area contributed by atoms with Crippen molar-refractivity contribution in [3.05, 3.63) is 0 Å². The Balaban J connectivity index is 1.91. The summed E-state index contributed by atoms with van der Waals surface area (Å²) in [7, 11) is 1.57. The molecule has 0 saturated carbocycles. The molecule has 0 amide bonds. The fraction of sp³-hybridized carbons (Fsp3) is 1.00. The van der Waals surface area contributed by atoms with E-state index in [1.54, 1.807) is 21.0 Å². The zero-order valence-electron chi connectivity index (χ0n) is 12.2. The Bertz CT molecular complexity index is 316. The predicted molar refractivity (Wildman–Crippen MR) is 66.4 cm³/mol. The lowest BCUT2D eigenvalue weighted by atomic mass is 10.1. The van der Waals surface area contributed by atoms with Crippen LogP contribution in [0.4, 0.5) is 0 Å². The predicted octanol–water partition coefficient (Wildman–Crippen LogP) is 1.01. The Labute approximate surface area is 113 Å². The molecule has 2 saturated heterocycles. The first-order valence-electron chi connectivity index (χ1n) is 6.61. The van der Waals surface area contributed by atoms with Crippen LogP contribution in [-0.4, -0.2) is 55.0 Å². The summed E-state index contributed by atoms with van der Waals surface area (Å²) < 4.78 is 27.8. The van der Waals surface area contributed by atoms with E-state index in [1.807, 2.05) is 13.8 Å². The Kier molecular flexibility index (Phi) is 4.21. The third-order valence-corrected chi connectivity index (χ3v) is 3.43. The molecule has 6 heteroatoms. The van der Waals surface area contributed by atoms with Crippen LogP contribution in [-0.2, 0) is 23.7 Å². The average molecular weight is 276 g/mol. The molecule has 1 N–H and O–H groups in total.